The summed E-state index contributed by atoms with van der Waals surface area (Å²) in [6.07, 6.45) is 4.39. The van der Waals surface area contributed by atoms with Crippen LogP contribution in [0.5, 0.6) is 0 Å². The summed E-state index contributed by atoms with van der Waals surface area (Å²) in [5, 5.41) is 13.3. The molecule has 0 aliphatic heterocycles. The molecule has 1 heterocycles. The maximum Gasteiger partial charge on any atom is 0.103 e. The highest BCUT2D eigenvalue weighted by Crippen LogP contribution is 2.08. The molecule has 3 atom stereocenters. The van der Waals surface area contributed by atoms with Gasteiger partial charge in [0.05, 0.1) is 25.1 Å². The molecule has 0 fully saturated rings. The Bertz CT molecular complexity index is 351. The predicted octanol–water partition coefficient (Wildman–Crippen LogP) is 3.00. The van der Waals surface area contributed by atoms with Crippen LogP contribution in [-0.4, -0.2) is 36.5 Å². The van der Waals surface area contributed by atoms with Crippen molar-refractivity contribution in [2.45, 2.75) is 65.2 Å². The summed E-state index contributed by atoms with van der Waals surface area (Å²) < 4.78 is 11.0. The lowest BCUT2D eigenvalue weighted by molar-refractivity contribution is -0.00918. The molecule has 0 aliphatic rings. The van der Waals surface area contributed by atoms with Crippen LogP contribution in [0.1, 0.15) is 46.3 Å². The summed E-state index contributed by atoms with van der Waals surface area (Å²) >= 11 is 0. The van der Waals surface area contributed by atoms with E-state index < -0.39 is 6.10 Å². The number of aryl methyl sites for hydroxylation is 1. The van der Waals surface area contributed by atoms with Crippen molar-refractivity contribution in [3.8, 4) is 0 Å². The van der Waals surface area contributed by atoms with E-state index in [1.165, 1.54) is 0 Å². The largest absolute Gasteiger partial charge is 0.469 e. The molecule has 21 heavy (non-hydrogen) atoms. The molecule has 1 aromatic rings. The lowest BCUT2D eigenvalue weighted by Crippen LogP contribution is -2.36. The van der Waals surface area contributed by atoms with Crippen LogP contribution in [-0.2, 0) is 11.2 Å². The van der Waals surface area contributed by atoms with Crippen molar-refractivity contribution in [2.75, 3.05) is 13.2 Å². The topological polar surface area (TPSA) is 54.6 Å². The molecule has 3 unspecified atom stereocenters. The van der Waals surface area contributed by atoms with Gasteiger partial charge in [-0.05, 0) is 44.7 Å². The Morgan fingerprint density at radius 1 is 1.29 bits per heavy atom. The summed E-state index contributed by atoms with van der Waals surface area (Å²) in [7, 11) is 0. The van der Waals surface area contributed by atoms with Gasteiger partial charge in [0.1, 0.15) is 5.76 Å². The highest BCUT2D eigenvalue weighted by molar-refractivity contribution is 4.98. The maximum absolute atomic E-state index is 9.93. The van der Waals surface area contributed by atoms with Crippen molar-refractivity contribution < 1.29 is 14.3 Å². The lowest BCUT2D eigenvalue weighted by atomic mass is 10.1. The average Bonchev–Trinajstić information content (AvgIpc) is 2.93. The van der Waals surface area contributed by atoms with E-state index in [1.807, 2.05) is 12.1 Å². The number of aliphatic hydroxyl groups excluding tert-OH is 1. The Morgan fingerprint density at radius 3 is 2.67 bits per heavy atom. The summed E-state index contributed by atoms with van der Waals surface area (Å²) in [6.45, 7) is 9.50. The average molecular weight is 297 g/mol. The van der Waals surface area contributed by atoms with Gasteiger partial charge in [0, 0.05) is 19.0 Å². The third-order valence-corrected chi connectivity index (χ3v) is 3.48. The summed E-state index contributed by atoms with van der Waals surface area (Å²) in [5.74, 6) is 1.63. The first-order chi connectivity index (χ1) is 9.97. The van der Waals surface area contributed by atoms with Crippen molar-refractivity contribution in [3.63, 3.8) is 0 Å². The van der Waals surface area contributed by atoms with Gasteiger partial charge in [-0.1, -0.05) is 13.8 Å². The van der Waals surface area contributed by atoms with Gasteiger partial charge < -0.3 is 19.6 Å². The van der Waals surface area contributed by atoms with E-state index >= 15 is 0 Å². The first-order valence-corrected chi connectivity index (χ1v) is 8.02. The van der Waals surface area contributed by atoms with Crippen LogP contribution in [0.3, 0.4) is 0 Å². The zero-order valence-electron chi connectivity index (χ0n) is 13.8. The molecule has 0 amide bonds. The Kier molecular flexibility index (Phi) is 8.66. The molecular weight excluding hydrogens is 266 g/mol. The van der Waals surface area contributed by atoms with Crippen molar-refractivity contribution >= 4 is 0 Å². The van der Waals surface area contributed by atoms with Gasteiger partial charge in [0.25, 0.3) is 0 Å². The van der Waals surface area contributed by atoms with Gasteiger partial charge in [0.15, 0.2) is 0 Å². The smallest absolute Gasteiger partial charge is 0.103 e. The lowest BCUT2D eigenvalue weighted by Gasteiger charge is -2.20. The van der Waals surface area contributed by atoms with Crippen LogP contribution < -0.4 is 5.32 Å². The van der Waals surface area contributed by atoms with E-state index in [4.69, 9.17) is 9.15 Å². The molecule has 0 bridgehead atoms. The molecule has 4 heteroatoms. The zero-order chi connectivity index (χ0) is 15.7. The van der Waals surface area contributed by atoms with E-state index in [1.54, 1.807) is 6.26 Å². The first kappa shape index (κ1) is 18.2. The molecule has 0 aliphatic carbocycles. The number of hydrogen-bond donors (Lipinski definition) is 2. The Balaban J connectivity index is 2.07. The van der Waals surface area contributed by atoms with Gasteiger partial charge in [-0.15, -0.1) is 0 Å². The van der Waals surface area contributed by atoms with Gasteiger partial charge in [-0.25, -0.2) is 0 Å². The molecule has 0 aromatic carbocycles. The normalized spacial score (nSPS) is 16.1. The minimum Gasteiger partial charge on any atom is -0.469 e. The quantitative estimate of drug-likeness (QED) is 0.659. The fraction of sp³-hybridized carbons (Fsp3) is 0.765. The molecule has 0 saturated heterocycles. The third kappa shape index (κ3) is 8.91. The van der Waals surface area contributed by atoms with E-state index in [0.717, 1.165) is 25.0 Å². The highest BCUT2D eigenvalue weighted by atomic mass is 16.5. The fourth-order valence-electron chi connectivity index (χ4n) is 2.32. The summed E-state index contributed by atoms with van der Waals surface area (Å²) in [4.78, 5) is 0. The number of aliphatic hydroxyl groups is 1. The number of nitrogens with one attached hydrogen (secondary N) is 1. The molecule has 2 N–H and O–H groups in total. The Labute approximate surface area is 128 Å². The number of furan rings is 1. The van der Waals surface area contributed by atoms with Crippen LogP contribution in [0.15, 0.2) is 22.8 Å². The Morgan fingerprint density at radius 2 is 2.05 bits per heavy atom. The summed E-state index contributed by atoms with van der Waals surface area (Å²) in [5.41, 5.74) is 0. The SMILES string of the molecule is CC(C)CC(C)OCC(O)CNC(C)CCc1ccco1. The van der Waals surface area contributed by atoms with Gasteiger partial charge in [-0.2, -0.15) is 0 Å². The van der Waals surface area contributed by atoms with Crippen molar-refractivity contribution in [2.24, 2.45) is 5.92 Å². The fourth-order valence-corrected chi connectivity index (χ4v) is 2.32. The second-order valence-electron chi connectivity index (χ2n) is 6.35. The maximum atomic E-state index is 9.93. The van der Waals surface area contributed by atoms with Gasteiger partial charge in [-0.3, -0.25) is 0 Å². The van der Waals surface area contributed by atoms with Crippen LogP contribution in [0.25, 0.3) is 0 Å². The molecule has 1 rings (SSSR count). The van der Waals surface area contributed by atoms with E-state index in [0.29, 0.717) is 25.1 Å². The molecule has 0 saturated carbocycles. The van der Waals surface area contributed by atoms with Crippen LogP contribution in [0.4, 0.5) is 0 Å². The molecule has 122 valence electrons. The molecule has 0 radical (unpaired) electrons. The predicted molar refractivity (Wildman–Crippen MR) is 85.4 cm³/mol. The second kappa shape index (κ2) is 9.98. The minimum atomic E-state index is -0.453. The number of ether oxygens (including phenoxy) is 1. The van der Waals surface area contributed by atoms with E-state index in [2.05, 4.69) is 33.0 Å². The van der Waals surface area contributed by atoms with Crippen LogP contribution >= 0.6 is 0 Å². The standard InChI is InChI=1S/C17H31NO3/c1-13(2)10-15(4)21-12-16(19)11-18-14(3)7-8-17-6-5-9-20-17/h5-6,9,13-16,18-19H,7-8,10-12H2,1-4H3. The van der Waals surface area contributed by atoms with Crippen molar-refractivity contribution in [3.05, 3.63) is 24.2 Å². The van der Waals surface area contributed by atoms with Gasteiger partial charge in [0.2, 0.25) is 0 Å². The molecule has 4 nitrogen and oxygen atoms in total. The third-order valence-electron chi connectivity index (χ3n) is 3.48. The monoisotopic (exact) mass is 297 g/mol. The van der Waals surface area contributed by atoms with Crippen molar-refractivity contribution in [1.29, 1.82) is 0 Å². The summed E-state index contributed by atoms with van der Waals surface area (Å²) in [6, 6.07) is 4.25. The van der Waals surface area contributed by atoms with E-state index in [-0.39, 0.29) is 6.10 Å². The minimum absolute atomic E-state index is 0.205. The Hall–Kier alpha value is -0.840. The van der Waals surface area contributed by atoms with Crippen molar-refractivity contribution in [1.82, 2.24) is 5.32 Å². The number of hydrogen-bond acceptors (Lipinski definition) is 4. The molecule has 0 spiro atoms. The molecule has 1 aromatic heterocycles. The number of rotatable bonds is 11. The first-order valence-electron chi connectivity index (χ1n) is 8.02. The van der Waals surface area contributed by atoms with Crippen LogP contribution in [0, 0.1) is 5.92 Å². The molecular formula is C17H31NO3. The highest BCUT2D eigenvalue weighted by Gasteiger charge is 2.11. The van der Waals surface area contributed by atoms with Crippen LogP contribution in [0.2, 0.25) is 0 Å². The second-order valence-corrected chi connectivity index (χ2v) is 6.35. The van der Waals surface area contributed by atoms with E-state index in [9.17, 15) is 5.11 Å². The van der Waals surface area contributed by atoms with Gasteiger partial charge >= 0.3 is 0 Å². The zero-order valence-corrected chi connectivity index (χ0v) is 13.8.